The molecule has 0 aliphatic carbocycles. The summed E-state index contributed by atoms with van der Waals surface area (Å²) in [5.41, 5.74) is 2.56. The van der Waals surface area contributed by atoms with Gasteiger partial charge in [0.2, 0.25) is 5.91 Å². The molecule has 2 aromatic rings. The number of anilines is 1. The standard InChI is InChI=1S/C16H15NO/c1-2-16(12-8-4-3-5-9-12)13-10-6-7-11-14(13)17-15(16)18/h3-11H,2H2,1H3,(H,17,18). The Morgan fingerprint density at radius 3 is 2.39 bits per heavy atom. The number of carbonyl (C=O) groups excluding carboxylic acids is 1. The smallest absolute Gasteiger partial charge is 0.239 e. The van der Waals surface area contributed by atoms with Crippen LogP contribution in [0.1, 0.15) is 24.5 Å². The van der Waals surface area contributed by atoms with Crippen LogP contribution in [0.3, 0.4) is 0 Å². The van der Waals surface area contributed by atoms with Crippen molar-refractivity contribution in [1.29, 1.82) is 0 Å². The maximum Gasteiger partial charge on any atom is 0.239 e. The summed E-state index contributed by atoms with van der Waals surface area (Å²) < 4.78 is 0. The van der Waals surface area contributed by atoms with Gasteiger partial charge in [0.25, 0.3) is 0 Å². The topological polar surface area (TPSA) is 29.1 Å². The lowest BCUT2D eigenvalue weighted by Crippen LogP contribution is -2.34. The Kier molecular flexibility index (Phi) is 2.44. The molecule has 1 amide bonds. The molecule has 2 heteroatoms. The zero-order valence-corrected chi connectivity index (χ0v) is 10.3. The second-order valence-electron chi connectivity index (χ2n) is 4.62. The van der Waals surface area contributed by atoms with Crippen LogP contribution in [-0.2, 0) is 10.2 Å². The number of para-hydroxylation sites is 1. The fourth-order valence-electron chi connectivity index (χ4n) is 2.88. The van der Waals surface area contributed by atoms with Crippen LogP contribution in [0.2, 0.25) is 0 Å². The van der Waals surface area contributed by atoms with Gasteiger partial charge in [0.05, 0.1) is 0 Å². The number of rotatable bonds is 2. The maximum absolute atomic E-state index is 12.5. The molecule has 0 bridgehead atoms. The van der Waals surface area contributed by atoms with Gasteiger partial charge in [-0.1, -0.05) is 55.5 Å². The van der Waals surface area contributed by atoms with E-state index in [4.69, 9.17) is 0 Å². The van der Waals surface area contributed by atoms with Crippen LogP contribution in [0.5, 0.6) is 0 Å². The highest BCUT2D eigenvalue weighted by Crippen LogP contribution is 2.44. The molecule has 0 saturated heterocycles. The van der Waals surface area contributed by atoms with E-state index in [1.165, 1.54) is 0 Å². The minimum Gasteiger partial charge on any atom is -0.325 e. The quantitative estimate of drug-likeness (QED) is 0.852. The summed E-state index contributed by atoms with van der Waals surface area (Å²) in [7, 11) is 0. The van der Waals surface area contributed by atoms with Crippen molar-refractivity contribution in [2.45, 2.75) is 18.8 Å². The molecule has 1 aliphatic rings. The molecule has 1 aliphatic heterocycles. The molecular formula is C16H15NO. The lowest BCUT2D eigenvalue weighted by Gasteiger charge is -2.26. The van der Waals surface area contributed by atoms with Crippen LogP contribution in [0.15, 0.2) is 54.6 Å². The number of carbonyl (C=O) groups is 1. The van der Waals surface area contributed by atoms with Gasteiger partial charge in [-0.25, -0.2) is 0 Å². The largest absolute Gasteiger partial charge is 0.325 e. The third-order valence-electron chi connectivity index (χ3n) is 3.82. The Morgan fingerprint density at radius 1 is 1.00 bits per heavy atom. The SMILES string of the molecule is CCC1(c2ccccc2)C(=O)Nc2ccccc21. The summed E-state index contributed by atoms with van der Waals surface area (Å²) in [6.07, 6.45) is 0.764. The third-order valence-corrected chi connectivity index (χ3v) is 3.82. The maximum atomic E-state index is 12.5. The Balaban J connectivity index is 2.27. The molecule has 3 rings (SSSR count). The van der Waals surface area contributed by atoms with Crippen LogP contribution in [-0.4, -0.2) is 5.91 Å². The molecule has 0 saturated carbocycles. The van der Waals surface area contributed by atoms with Crippen molar-refractivity contribution >= 4 is 11.6 Å². The van der Waals surface area contributed by atoms with Crippen molar-refractivity contribution in [2.75, 3.05) is 5.32 Å². The highest BCUT2D eigenvalue weighted by atomic mass is 16.2. The molecule has 1 unspecified atom stereocenters. The Labute approximate surface area is 107 Å². The lowest BCUT2D eigenvalue weighted by atomic mass is 9.73. The second kappa shape index (κ2) is 3.98. The van der Waals surface area contributed by atoms with Crippen molar-refractivity contribution in [3.8, 4) is 0 Å². The van der Waals surface area contributed by atoms with Crippen LogP contribution in [0.4, 0.5) is 5.69 Å². The van der Waals surface area contributed by atoms with Crippen LogP contribution >= 0.6 is 0 Å². The molecule has 1 atom stereocenters. The monoisotopic (exact) mass is 237 g/mol. The molecule has 0 fully saturated rings. The molecule has 0 radical (unpaired) electrons. The summed E-state index contributed by atoms with van der Waals surface area (Å²) >= 11 is 0. The zero-order chi connectivity index (χ0) is 12.6. The number of amides is 1. The van der Waals surface area contributed by atoms with E-state index in [0.29, 0.717) is 0 Å². The van der Waals surface area contributed by atoms with E-state index in [-0.39, 0.29) is 5.91 Å². The summed E-state index contributed by atoms with van der Waals surface area (Å²) in [5, 5.41) is 3.00. The first-order chi connectivity index (χ1) is 8.79. The molecule has 2 aromatic carbocycles. The molecule has 1 heterocycles. The first-order valence-corrected chi connectivity index (χ1v) is 6.25. The molecule has 0 aromatic heterocycles. The van der Waals surface area contributed by atoms with Gasteiger partial charge < -0.3 is 5.32 Å². The summed E-state index contributed by atoms with van der Waals surface area (Å²) in [5.74, 6) is 0.0809. The van der Waals surface area contributed by atoms with E-state index >= 15 is 0 Å². The van der Waals surface area contributed by atoms with Gasteiger partial charge in [0.15, 0.2) is 0 Å². The first-order valence-electron chi connectivity index (χ1n) is 6.25. The average Bonchev–Trinajstić information content (AvgIpc) is 2.72. The fraction of sp³-hybridized carbons (Fsp3) is 0.188. The predicted molar refractivity (Wildman–Crippen MR) is 72.6 cm³/mol. The Morgan fingerprint density at radius 2 is 1.67 bits per heavy atom. The molecular weight excluding hydrogens is 222 g/mol. The number of nitrogens with one attached hydrogen (secondary N) is 1. The van der Waals surface area contributed by atoms with Gasteiger partial charge in [0.1, 0.15) is 5.41 Å². The van der Waals surface area contributed by atoms with Crippen molar-refractivity contribution in [3.63, 3.8) is 0 Å². The van der Waals surface area contributed by atoms with Crippen LogP contribution < -0.4 is 5.32 Å². The van der Waals surface area contributed by atoms with Crippen molar-refractivity contribution in [2.24, 2.45) is 0 Å². The van der Waals surface area contributed by atoms with Gasteiger partial charge in [-0.2, -0.15) is 0 Å². The van der Waals surface area contributed by atoms with Gasteiger partial charge in [0, 0.05) is 5.69 Å². The number of hydrogen-bond acceptors (Lipinski definition) is 1. The average molecular weight is 237 g/mol. The van der Waals surface area contributed by atoms with E-state index < -0.39 is 5.41 Å². The zero-order valence-electron chi connectivity index (χ0n) is 10.3. The van der Waals surface area contributed by atoms with Gasteiger partial charge in [-0.15, -0.1) is 0 Å². The normalized spacial score (nSPS) is 21.5. The summed E-state index contributed by atoms with van der Waals surface area (Å²) in [6, 6.07) is 18.0. The summed E-state index contributed by atoms with van der Waals surface area (Å²) in [4.78, 5) is 12.5. The molecule has 2 nitrogen and oxygen atoms in total. The Bertz CT molecular complexity index is 591. The first kappa shape index (κ1) is 11.0. The highest BCUT2D eigenvalue weighted by Gasteiger charge is 2.46. The summed E-state index contributed by atoms with van der Waals surface area (Å²) in [6.45, 7) is 2.06. The van der Waals surface area contributed by atoms with E-state index in [1.807, 2.05) is 54.6 Å². The van der Waals surface area contributed by atoms with E-state index in [9.17, 15) is 4.79 Å². The van der Waals surface area contributed by atoms with E-state index in [1.54, 1.807) is 0 Å². The van der Waals surface area contributed by atoms with E-state index in [0.717, 1.165) is 23.2 Å². The fourth-order valence-corrected chi connectivity index (χ4v) is 2.88. The predicted octanol–water partition coefficient (Wildman–Crippen LogP) is 3.33. The van der Waals surface area contributed by atoms with Gasteiger partial charge >= 0.3 is 0 Å². The lowest BCUT2D eigenvalue weighted by molar-refractivity contribution is -0.119. The minimum absolute atomic E-state index is 0.0809. The molecule has 90 valence electrons. The van der Waals surface area contributed by atoms with Crippen molar-refractivity contribution in [1.82, 2.24) is 0 Å². The molecule has 1 N–H and O–H groups in total. The number of fused-ring (bicyclic) bond motifs is 1. The minimum atomic E-state index is -0.530. The van der Waals surface area contributed by atoms with Crippen molar-refractivity contribution in [3.05, 3.63) is 65.7 Å². The number of benzene rings is 2. The number of hydrogen-bond donors (Lipinski definition) is 1. The van der Waals surface area contributed by atoms with Crippen molar-refractivity contribution < 1.29 is 4.79 Å². The highest BCUT2D eigenvalue weighted by molar-refractivity contribution is 6.08. The molecule has 18 heavy (non-hydrogen) atoms. The van der Waals surface area contributed by atoms with Gasteiger partial charge in [-0.05, 0) is 23.6 Å². The van der Waals surface area contributed by atoms with Gasteiger partial charge in [-0.3, -0.25) is 4.79 Å². The van der Waals surface area contributed by atoms with E-state index in [2.05, 4.69) is 12.2 Å². The third kappa shape index (κ3) is 1.32. The van der Waals surface area contributed by atoms with Crippen LogP contribution in [0, 0.1) is 0 Å². The van der Waals surface area contributed by atoms with Crippen LogP contribution in [0.25, 0.3) is 0 Å². The molecule has 0 spiro atoms. The second-order valence-corrected chi connectivity index (χ2v) is 4.62. The Hall–Kier alpha value is -2.09.